The van der Waals surface area contributed by atoms with Gasteiger partial charge < -0.3 is 11.1 Å². The quantitative estimate of drug-likeness (QED) is 0.866. The molecule has 1 amide bonds. The van der Waals surface area contributed by atoms with Crippen LogP contribution in [0.3, 0.4) is 0 Å². The summed E-state index contributed by atoms with van der Waals surface area (Å²) in [6.07, 6.45) is 8.93. The third-order valence-corrected chi connectivity index (χ3v) is 5.95. The largest absolute Gasteiger partial charge is 0.326 e. The summed E-state index contributed by atoms with van der Waals surface area (Å²) < 4.78 is 0. The molecule has 3 N–H and O–H groups in total. The van der Waals surface area contributed by atoms with Gasteiger partial charge in [-0.3, -0.25) is 4.79 Å². The van der Waals surface area contributed by atoms with Crippen LogP contribution in [0.1, 0.15) is 51.4 Å². The lowest BCUT2D eigenvalue weighted by molar-refractivity contribution is -0.118. The van der Waals surface area contributed by atoms with Crippen LogP contribution in [-0.4, -0.2) is 16.7 Å². The van der Waals surface area contributed by atoms with Gasteiger partial charge in [-0.25, -0.2) is 0 Å². The molecule has 0 saturated heterocycles. The zero-order valence-electron chi connectivity index (χ0n) is 12.4. The van der Waals surface area contributed by atoms with Gasteiger partial charge in [0.1, 0.15) is 0 Å². The molecule has 0 spiro atoms. The van der Waals surface area contributed by atoms with Gasteiger partial charge in [0.05, 0.1) is 0 Å². The van der Waals surface area contributed by atoms with Crippen LogP contribution in [0.2, 0.25) is 0 Å². The van der Waals surface area contributed by atoms with Crippen molar-refractivity contribution in [2.24, 2.45) is 5.73 Å². The van der Waals surface area contributed by atoms with Gasteiger partial charge in [-0.15, -0.1) is 11.8 Å². The predicted molar refractivity (Wildman–Crippen MR) is 88.6 cm³/mol. The Balaban J connectivity index is 1.50. The van der Waals surface area contributed by atoms with Crippen LogP contribution in [0.5, 0.6) is 0 Å². The number of nitrogens with one attached hydrogen (secondary N) is 1. The average Bonchev–Trinajstić information content (AvgIpc) is 2.92. The molecule has 2 fully saturated rings. The van der Waals surface area contributed by atoms with E-state index in [1.165, 1.54) is 30.6 Å². The molecule has 1 aromatic rings. The van der Waals surface area contributed by atoms with E-state index in [1.807, 2.05) is 23.9 Å². The molecule has 2 aliphatic carbocycles. The molecule has 0 aliphatic heterocycles. The molecule has 0 aromatic heterocycles. The molecule has 21 heavy (non-hydrogen) atoms. The van der Waals surface area contributed by atoms with Crippen molar-refractivity contribution >= 4 is 23.4 Å². The van der Waals surface area contributed by atoms with Crippen molar-refractivity contribution in [1.82, 2.24) is 0 Å². The Morgan fingerprint density at radius 3 is 2.43 bits per heavy atom. The highest BCUT2D eigenvalue weighted by atomic mass is 32.2. The Bertz CT molecular complexity index is 490. The summed E-state index contributed by atoms with van der Waals surface area (Å²) >= 11 is 1.97. The Hall–Kier alpha value is -1.00. The van der Waals surface area contributed by atoms with Crippen LogP contribution in [0.15, 0.2) is 29.2 Å². The van der Waals surface area contributed by atoms with Crippen molar-refractivity contribution < 1.29 is 4.79 Å². The Kier molecular flexibility index (Phi) is 4.55. The molecule has 0 unspecified atom stereocenters. The normalized spacial score (nSPS) is 21.0. The predicted octanol–water partition coefficient (Wildman–Crippen LogP) is 3.93. The first-order chi connectivity index (χ1) is 10.1. The van der Waals surface area contributed by atoms with E-state index in [0.717, 1.165) is 30.2 Å². The maximum atomic E-state index is 12.0. The molecule has 0 bridgehead atoms. The van der Waals surface area contributed by atoms with Crippen LogP contribution in [0.4, 0.5) is 5.69 Å². The SMILES string of the molecule is NC1(CC(=O)Nc2ccc(SC3CCCC3)cc2)CCC1. The Morgan fingerprint density at radius 2 is 1.86 bits per heavy atom. The minimum Gasteiger partial charge on any atom is -0.326 e. The van der Waals surface area contributed by atoms with Gasteiger partial charge in [0.2, 0.25) is 5.91 Å². The maximum Gasteiger partial charge on any atom is 0.226 e. The number of carbonyl (C=O) groups is 1. The lowest BCUT2D eigenvalue weighted by Gasteiger charge is -2.37. The molecule has 0 heterocycles. The molecule has 3 nitrogen and oxygen atoms in total. The van der Waals surface area contributed by atoms with E-state index in [-0.39, 0.29) is 11.4 Å². The third-order valence-electron chi connectivity index (χ3n) is 4.60. The van der Waals surface area contributed by atoms with Crippen molar-refractivity contribution in [2.45, 2.75) is 67.1 Å². The summed E-state index contributed by atoms with van der Waals surface area (Å²) in [7, 11) is 0. The number of carbonyl (C=O) groups excluding carboxylic acids is 1. The number of hydrogen-bond acceptors (Lipinski definition) is 3. The van der Waals surface area contributed by atoms with E-state index < -0.39 is 0 Å². The van der Waals surface area contributed by atoms with Crippen molar-refractivity contribution in [3.05, 3.63) is 24.3 Å². The molecule has 2 aliphatic rings. The van der Waals surface area contributed by atoms with Crippen LogP contribution in [-0.2, 0) is 4.79 Å². The van der Waals surface area contributed by atoms with E-state index in [0.29, 0.717) is 6.42 Å². The minimum absolute atomic E-state index is 0.0356. The van der Waals surface area contributed by atoms with E-state index >= 15 is 0 Å². The number of rotatable bonds is 5. The van der Waals surface area contributed by atoms with Crippen LogP contribution >= 0.6 is 11.8 Å². The van der Waals surface area contributed by atoms with Crippen LogP contribution in [0.25, 0.3) is 0 Å². The summed E-state index contributed by atoms with van der Waals surface area (Å²) in [5.41, 5.74) is 6.73. The van der Waals surface area contributed by atoms with Gasteiger partial charge in [-0.05, 0) is 56.4 Å². The topological polar surface area (TPSA) is 55.1 Å². The first-order valence-electron chi connectivity index (χ1n) is 7.98. The summed E-state index contributed by atoms with van der Waals surface area (Å²) in [6.45, 7) is 0. The fourth-order valence-electron chi connectivity index (χ4n) is 3.15. The first-order valence-corrected chi connectivity index (χ1v) is 8.86. The molecule has 0 atom stereocenters. The number of anilines is 1. The molecular weight excluding hydrogens is 280 g/mol. The van der Waals surface area contributed by atoms with E-state index in [9.17, 15) is 4.79 Å². The number of thioether (sulfide) groups is 1. The fraction of sp³-hybridized carbons (Fsp3) is 0.588. The Morgan fingerprint density at radius 1 is 1.19 bits per heavy atom. The van der Waals surface area contributed by atoms with E-state index in [2.05, 4.69) is 17.4 Å². The molecule has 3 rings (SSSR count). The highest BCUT2D eigenvalue weighted by Gasteiger charge is 2.34. The molecular formula is C17H24N2OS. The average molecular weight is 304 g/mol. The Labute approximate surface area is 131 Å². The lowest BCUT2D eigenvalue weighted by atomic mass is 9.75. The molecule has 0 radical (unpaired) electrons. The first kappa shape index (κ1) is 14.9. The van der Waals surface area contributed by atoms with Gasteiger partial charge in [-0.2, -0.15) is 0 Å². The standard InChI is InChI=1S/C17H24N2OS/c18-17(10-3-11-17)12-16(20)19-13-6-8-15(9-7-13)21-14-4-1-2-5-14/h6-9,14H,1-5,10-12,18H2,(H,19,20). The summed E-state index contributed by atoms with van der Waals surface area (Å²) in [5.74, 6) is 0.0356. The summed E-state index contributed by atoms with van der Waals surface area (Å²) in [5, 5.41) is 3.74. The van der Waals surface area contributed by atoms with Gasteiger partial charge in [-0.1, -0.05) is 12.8 Å². The number of benzene rings is 1. The van der Waals surface area contributed by atoms with Crippen molar-refractivity contribution in [1.29, 1.82) is 0 Å². The maximum absolute atomic E-state index is 12.0. The van der Waals surface area contributed by atoms with Crippen molar-refractivity contribution in [2.75, 3.05) is 5.32 Å². The monoisotopic (exact) mass is 304 g/mol. The number of nitrogens with two attached hydrogens (primary N) is 1. The molecule has 4 heteroatoms. The van der Waals surface area contributed by atoms with E-state index in [1.54, 1.807) is 0 Å². The fourth-order valence-corrected chi connectivity index (χ4v) is 4.40. The highest BCUT2D eigenvalue weighted by molar-refractivity contribution is 8.00. The third kappa shape index (κ3) is 4.01. The van der Waals surface area contributed by atoms with E-state index in [4.69, 9.17) is 5.73 Å². The van der Waals surface area contributed by atoms with Gasteiger partial charge >= 0.3 is 0 Å². The van der Waals surface area contributed by atoms with Gasteiger partial charge in [0, 0.05) is 27.8 Å². The highest BCUT2D eigenvalue weighted by Crippen LogP contribution is 2.35. The zero-order valence-corrected chi connectivity index (χ0v) is 13.3. The van der Waals surface area contributed by atoms with Crippen molar-refractivity contribution in [3.8, 4) is 0 Å². The zero-order chi connectivity index (χ0) is 14.7. The molecule has 114 valence electrons. The second-order valence-electron chi connectivity index (χ2n) is 6.49. The van der Waals surface area contributed by atoms with Crippen LogP contribution in [0, 0.1) is 0 Å². The lowest BCUT2D eigenvalue weighted by Crippen LogP contribution is -2.48. The van der Waals surface area contributed by atoms with Crippen molar-refractivity contribution in [3.63, 3.8) is 0 Å². The summed E-state index contributed by atoms with van der Waals surface area (Å²) in [4.78, 5) is 13.3. The number of hydrogen-bond donors (Lipinski definition) is 2. The summed E-state index contributed by atoms with van der Waals surface area (Å²) in [6, 6.07) is 8.22. The van der Waals surface area contributed by atoms with Gasteiger partial charge in [0.25, 0.3) is 0 Å². The van der Waals surface area contributed by atoms with Crippen LogP contribution < -0.4 is 11.1 Å². The second kappa shape index (κ2) is 6.41. The smallest absolute Gasteiger partial charge is 0.226 e. The molecule has 2 saturated carbocycles. The molecule has 1 aromatic carbocycles. The second-order valence-corrected chi connectivity index (χ2v) is 7.86. The minimum atomic E-state index is -0.248. The number of amides is 1. The van der Waals surface area contributed by atoms with Gasteiger partial charge in [0.15, 0.2) is 0 Å².